The van der Waals surface area contributed by atoms with Crippen LogP contribution in [0.3, 0.4) is 0 Å². The van der Waals surface area contributed by atoms with Crippen molar-refractivity contribution < 1.29 is 27.5 Å². The molecular weight excluding hydrogens is 471 g/mol. The van der Waals surface area contributed by atoms with Gasteiger partial charge in [-0.25, -0.2) is 4.79 Å². The summed E-state index contributed by atoms with van der Waals surface area (Å²) in [5, 5.41) is 12.8. The molecule has 5 rings (SSSR count). The second-order valence-corrected chi connectivity index (χ2v) is 10.0. The Morgan fingerprint density at radius 1 is 1.09 bits per heavy atom. The van der Waals surface area contributed by atoms with Crippen LogP contribution in [0.2, 0.25) is 0 Å². The van der Waals surface area contributed by atoms with E-state index in [9.17, 15) is 22.8 Å². The van der Waals surface area contributed by atoms with Gasteiger partial charge in [0.15, 0.2) is 11.4 Å². The van der Waals surface area contributed by atoms with Gasteiger partial charge in [-0.1, -0.05) is 0 Å². The van der Waals surface area contributed by atoms with Crippen LogP contribution >= 0.6 is 11.3 Å². The SMILES string of the molecule is O=C(Cn1nc(C(F)(F)F)c2c1CCCC2)Nc1sc2c(c1OC(=O)NC1CNC1)CCCC2. The first kappa shape index (κ1) is 23.2. The van der Waals surface area contributed by atoms with Gasteiger partial charge < -0.3 is 20.7 Å². The second kappa shape index (κ2) is 9.21. The number of fused-ring (bicyclic) bond motifs is 2. The molecule has 12 heteroatoms. The molecule has 8 nitrogen and oxygen atoms in total. The van der Waals surface area contributed by atoms with Crippen molar-refractivity contribution in [2.75, 3.05) is 18.4 Å². The Hall–Kier alpha value is -2.60. The van der Waals surface area contributed by atoms with E-state index in [0.29, 0.717) is 48.8 Å². The first-order chi connectivity index (χ1) is 16.3. The third-order valence-corrected chi connectivity index (χ3v) is 7.68. The van der Waals surface area contributed by atoms with Crippen LogP contribution in [0.5, 0.6) is 5.75 Å². The predicted octanol–water partition coefficient (Wildman–Crippen LogP) is 3.42. The molecule has 2 aromatic rings. The maximum atomic E-state index is 13.5. The van der Waals surface area contributed by atoms with Crippen LogP contribution in [0, 0.1) is 0 Å². The molecule has 1 aliphatic heterocycles. The van der Waals surface area contributed by atoms with E-state index in [0.717, 1.165) is 42.5 Å². The van der Waals surface area contributed by atoms with Crippen LogP contribution in [-0.4, -0.2) is 40.9 Å². The fraction of sp³-hybridized carbons (Fsp3) is 0.591. The maximum Gasteiger partial charge on any atom is 0.435 e. The zero-order valence-corrected chi connectivity index (χ0v) is 19.3. The van der Waals surface area contributed by atoms with Gasteiger partial charge in [-0.2, -0.15) is 18.3 Å². The van der Waals surface area contributed by atoms with E-state index in [2.05, 4.69) is 21.0 Å². The molecule has 3 N–H and O–H groups in total. The Morgan fingerprint density at radius 2 is 1.79 bits per heavy atom. The molecule has 184 valence electrons. The van der Waals surface area contributed by atoms with Crippen LogP contribution in [0.15, 0.2) is 0 Å². The Bertz CT molecular complexity index is 1110. The van der Waals surface area contributed by atoms with Crippen LogP contribution in [-0.2, 0) is 43.2 Å². The van der Waals surface area contributed by atoms with Gasteiger partial charge in [0.2, 0.25) is 5.91 Å². The first-order valence-electron chi connectivity index (χ1n) is 11.6. The summed E-state index contributed by atoms with van der Waals surface area (Å²) >= 11 is 1.36. The van der Waals surface area contributed by atoms with Crippen molar-refractivity contribution in [2.45, 2.75) is 70.1 Å². The van der Waals surface area contributed by atoms with E-state index in [1.54, 1.807) is 0 Å². The number of alkyl halides is 3. The quantitative estimate of drug-likeness (QED) is 0.588. The molecule has 0 radical (unpaired) electrons. The van der Waals surface area contributed by atoms with Crippen LogP contribution in [0.25, 0.3) is 0 Å². The molecule has 0 unspecified atom stereocenters. The number of ether oxygens (including phenoxy) is 1. The minimum Gasteiger partial charge on any atom is -0.407 e. The van der Waals surface area contributed by atoms with Crippen molar-refractivity contribution in [1.29, 1.82) is 0 Å². The zero-order valence-electron chi connectivity index (χ0n) is 18.5. The third kappa shape index (κ3) is 4.65. The number of amides is 2. The highest BCUT2D eigenvalue weighted by Gasteiger charge is 2.39. The molecule has 1 fully saturated rings. The summed E-state index contributed by atoms with van der Waals surface area (Å²) in [4.78, 5) is 26.4. The Morgan fingerprint density at radius 3 is 2.50 bits per heavy atom. The number of aromatic nitrogens is 2. The fourth-order valence-electron chi connectivity index (χ4n) is 4.74. The van der Waals surface area contributed by atoms with E-state index >= 15 is 0 Å². The van der Waals surface area contributed by atoms with E-state index in [1.807, 2.05) is 0 Å². The van der Waals surface area contributed by atoms with Crippen LogP contribution in [0.4, 0.5) is 23.0 Å². The van der Waals surface area contributed by atoms with Gasteiger partial charge in [-0.15, -0.1) is 11.3 Å². The minimum atomic E-state index is -4.56. The molecule has 0 bridgehead atoms. The van der Waals surface area contributed by atoms with Gasteiger partial charge in [0.1, 0.15) is 11.5 Å². The summed E-state index contributed by atoms with van der Waals surface area (Å²) in [5.41, 5.74) is 0.700. The van der Waals surface area contributed by atoms with Crippen molar-refractivity contribution in [3.8, 4) is 5.75 Å². The minimum absolute atomic E-state index is 0.00817. The second-order valence-electron chi connectivity index (χ2n) is 8.94. The van der Waals surface area contributed by atoms with E-state index in [-0.39, 0.29) is 18.2 Å². The number of nitrogens with one attached hydrogen (secondary N) is 3. The maximum absolute atomic E-state index is 13.5. The molecule has 0 saturated carbocycles. The molecule has 34 heavy (non-hydrogen) atoms. The topological polar surface area (TPSA) is 97.3 Å². The highest BCUT2D eigenvalue weighted by molar-refractivity contribution is 7.17. The van der Waals surface area contributed by atoms with E-state index in [4.69, 9.17) is 4.74 Å². The number of hydrogen-bond acceptors (Lipinski definition) is 6. The van der Waals surface area contributed by atoms with Gasteiger partial charge in [-0.3, -0.25) is 9.48 Å². The number of nitrogens with zero attached hydrogens (tertiary/aromatic N) is 2. The lowest BCUT2D eigenvalue weighted by molar-refractivity contribution is -0.142. The Labute approximate surface area is 198 Å². The lowest BCUT2D eigenvalue weighted by Crippen LogP contribution is -2.57. The molecule has 0 aromatic carbocycles. The number of hydrogen-bond donors (Lipinski definition) is 3. The average molecular weight is 498 g/mol. The molecule has 0 atom stereocenters. The summed E-state index contributed by atoms with van der Waals surface area (Å²) < 4.78 is 47.2. The van der Waals surface area contributed by atoms with Crippen molar-refractivity contribution >= 4 is 28.3 Å². The van der Waals surface area contributed by atoms with Gasteiger partial charge in [-0.05, 0) is 51.4 Å². The number of rotatable bonds is 5. The van der Waals surface area contributed by atoms with Crippen LogP contribution < -0.4 is 20.7 Å². The Balaban J connectivity index is 1.35. The van der Waals surface area contributed by atoms with E-state index in [1.165, 1.54) is 16.0 Å². The van der Waals surface area contributed by atoms with Crippen LogP contribution in [0.1, 0.15) is 53.1 Å². The fourth-order valence-corrected chi connectivity index (χ4v) is 5.97. The van der Waals surface area contributed by atoms with Gasteiger partial charge in [0.05, 0.1) is 6.04 Å². The van der Waals surface area contributed by atoms with Crippen molar-refractivity contribution in [2.24, 2.45) is 0 Å². The number of carbonyl (C=O) groups excluding carboxylic acids is 2. The van der Waals surface area contributed by atoms with Crippen molar-refractivity contribution in [1.82, 2.24) is 20.4 Å². The number of halogens is 3. The monoisotopic (exact) mass is 497 g/mol. The lowest BCUT2D eigenvalue weighted by atomic mass is 9.95. The number of thiophene rings is 1. The van der Waals surface area contributed by atoms with Gasteiger partial charge >= 0.3 is 12.3 Å². The standard InChI is InChI=1S/C22H26F3N5O3S/c23-22(24,25)19-13-5-1-3-7-15(13)30(29-19)11-17(31)28-20-18(14-6-2-4-8-16(14)34-20)33-21(32)27-12-9-26-10-12/h12,26H,1-11H2,(H,27,32)(H,28,31). The highest BCUT2D eigenvalue weighted by Crippen LogP contribution is 2.44. The molecule has 0 spiro atoms. The van der Waals surface area contributed by atoms with Crippen molar-refractivity contribution in [3.05, 3.63) is 27.4 Å². The summed E-state index contributed by atoms with van der Waals surface area (Å²) in [5.74, 6) is -0.159. The summed E-state index contributed by atoms with van der Waals surface area (Å²) in [7, 11) is 0. The largest absolute Gasteiger partial charge is 0.435 e. The molecule has 2 amide bonds. The smallest absolute Gasteiger partial charge is 0.407 e. The average Bonchev–Trinajstić information content (AvgIpc) is 3.29. The first-order valence-corrected chi connectivity index (χ1v) is 12.4. The third-order valence-electron chi connectivity index (χ3n) is 6.49. The number of carbonyl (C=O) groups is 2. The lowest BCUT2D eigenvalue weighted by Gasteiger charge is -2.27. The zero-order chi connectivity index (χ0) is 23.9. The summed E-state index contributed by atoms with van der Waals surface area (Å²) in [6, 6.07) is 0.00817. The Kier molecular flexibility index (Phi) is 6.28. The normalized spacial score (nSPS) is 18.0. The number of anilines is 1. The molecule has 1 saturated heterocycles. The van der Waals surface area contributed by atoms with Gasteiger partial charge in [0, 0.05) is 34.8 Å². The highest BCUT2D eigenvalue weighted by atomic mass is 32.1. The molecule has 3 aliphatic rings. The van der Waals surface area contributed by atoms with E-state index < -0.39 is 23.9 Å². The van der Waals surface area contributed by atoms with Gasteiger partial charge in [0.25, 0.3) is 0 Å². The van der Waals surface area contributed by atoms with Crippen molar-refractivity contribution in [3.63, 3.8) is 0 Å². The molecular formula is C22H26F3N5O3S. The predicted molar refractivity (Wildman–Crippen MR) is 119 cm³/mol. The molecule has 2 aromatic heterocycles. The molecule has 2 aliphatic carbocycles. The summed E-state index contributed by atoms with van der Waals surface area (Å²) in [6.45, 7) is 1.02. The number of aryl methyl sites for hydroxylation is 1. The summed E-state index contributed by atoms with van der Waals surface area (Å²) in [6.07, 6.45) is 0.633. The molecule has 3 heterocycles.